The van der Waals surface area contributed by atoms with Gasteiger partial charge in [0.05, 0.1) is 0 Å². The molecule has 0 bridgehead atoms. The zero-order valence-corrected chi connectivity index (χ0v) is 24.8. The fourth-order valence-electron chi connectivity index (χ4n) is 7.24. The van der Waals surface area contributed by atoms with Crippen LogP contribution in [-0.2, 0) is 0 Å². The molecular weight excluding hydrogens is 460 g/mol. The molecule has 0 saturated heterocycles. The summed E-state index contributed by atoms with van der Waals surface area (Å²) < 4.78 is 0. The summed E-state index contributed by atoms with van der Waals surface area (Å²) in [5.74, 6) is 4.22. The monoisotopic (exact) mass is 516 g/mol. The van der Waals surface area contributed by atoms with Crippen molar-refractivity contribution < 1.29 is 0 Å². The van der Waals surface area contributed by atoms with E-state index in [4.69, 9.17) is 9.97 Å². The van der Waals surface area contributed by atoms with E-state index < -0.39 is 0 Å². The first-order valence-electron chi connectivity index (χ1n) is 16.7. The first-order valence-corrected chi connectivity index (χ1v) is 16.7. The maximum atomic E-state index is 4.81. The predicted octanol–water partition coefficient (Wildman–Crippen LogP) is 11.4. The van der Waals surface area contributed by atoms with Crippen LogP contribution in [0.5, 0.6) is 0 Å². The van der Waals surface area contributed by atoms with Crippen molar-refractivity contribution in [3.8, 4) is 11.4 Å². The summed E-state index contributed by atoms with van der Waals surface area (Å²) in [4.78, 5) is 9.62. The second-order valence-corrected chi connectivity index (χ2v) is 12.8. The Bertz CT molecular complexity index is 871. The number of nitrogens with zero attached hydrogens (tertiary/aromatic N) is 2. The van der Waals surface area contributed by atoms with Crippen molar-refractivity contribution in [2.75, 3.05) is 0 Å². The fraction of sp³-hybridized carbons (Fsp3) is 0.722. The van der Waals surface area contributed by atoms with Crippen molar-refractivity contribution in [2.24, 2.45) is 11.8 Å². The second-order valence-electron chi connectivity index (χ2n) is 12.8. The van der Waals surface area contributed by atoms with Crippen molar-refractivity contribution in [3.05, 3.63) is 47.8 Å². The minimum absolute atomic E-state index is 0.661. The zero-order chi connectivity index (χ0) is 26.4. The summed E-state index contributed by atoms with van der Waals surface area (Å²) in [7, 11) is 0. The van der Waals surface area contributed by atoms with Crippen LogP contribution in [-0.4, -0.2) is 9.97 Å². The molecular formula is C36H56N2. The summed E-state index contributed by atoms with van der Waals surface area (Å²) in [6, 6.07) is 9.21. The number of rotatable bonds is 15. The third-order valence-corrected chi connectivity index (χ3v) is 9.91. The molecule has 1 heterocycles. The van der Waals surface area contributed by atoms with Gasteiger partial charge in [0.1, 0.15) is 0 Å². The second kappa shape index (κ2) is 16.4. The van der Waals surface area contributed by atoms with Gasteiger partial charge < -0.3 is 0 Å². The van der Waals surface area contributed by atoms with Crippen LogP contribution in [0, 0.1) is 11.8 Å². The Morgan fingerprint density at radius 2 is 0.974 bits per heavy atom. The van der Waals surface area contributed by atoms with Crippen molar-refractivity contribution in [1.82, 2.24) is 9.97 Å². The quantitative estimate of drug-likeness (QED) is 0.220. The lowest BCUT2D eigenvalue weighted by Crippen LogP contribution is -2.14. The summed E-state index contributed by atoms with van der Waals surface area (Å²) in [6.07, 6.45) is 32.3. The smallest absolute Gasteiger partial charge is 0.159 e. The molecule has 0 atom stereocenters. The lowest BCUT2D eigenvalue weighted by Gasteiger charge is -2.29. The molecule has 210 valence electrons. The van der Waals surface area contributed by atoms with Crippen molar-refractivity contribution >= 4 is 0 Å². The van der Waals surface area contributed by atoms with E-state index in [1.165, 1.54) is 140 Å². The Balaban J connectivity index is 1.17. The van der Waals surface area contributed by atoms with Gasteiger partial charge in [-0.2, -0.15) is 0 Å². The largest absolute Gasteiger partial charge is 0.236 e. The van der Waals surface area contributed by atoms with E-state index in [0.717, 1.165) is 29.1 Å². The van der Waals surface area contributed by atoms with E-state index in [0.29, 0.717) is 5.92 Å². The molecule has 0 aliphatic heterocycles. The Hall–Kier alpha value is -1.70. The molecule has 1 aromatic heterocycles. The van der Waals surface area contributed by atoms with Crippen LogP contribution in [0.3, 0.4) is 0 Å². The van der Waals surface area contributed by atoms with E-state index in [1.54, 1.807) is 0 Å². The highest BCUT2D eigenvalue weighted by Crippen LogP contribution is 2.39. The van der Waals surface area contributed by atoms with Crippen LogP contribution in [0.15, 0.2) is 36.7 Å². The first kappa shape index (κ1) is 29.3. The standard InChI is InChI=1S/C36H56N2/c1-3-5-7-8-9-10-12-14-30-17-21-33(22-18-30)35-27-37-36(38-28-35)34-25-23-32(24-26-34)31-19-15-29(16-20-31)13-11-6-4-2/h23-31,33H,3-22H2,1-2H3. The number of unbranched alkanes of at least 4 members (excludes halogenated alkanes) is 8. The molecule has 0 unspecified atom stereocenters. The van der Waals surface area contributed by atoms with Crippen LogP contribution >= 0.6 is 0 Å². The number of hydrogen-bond acceptors (Lipinski definition) is 2. The minimum Gasteiger partial charge on any atom is -0.236 e. The first-order chi connectivity index (χ1) is 18.8. The average molecular weight is 517 g/mol. The molecule has 38 heavy (non-hydrogen) atoms. The summed E-state index contributed by atoms with van der Waals surface area (Å²) in [5.41, 5.74) is 4.04. The molecule has 0 spiro atoms. The van der Waals surface area contributed by atoms with Gasteiger partial charge in [-0.05, 0) is 86.2 Å². The van der Waals surface area contributed by atoms with E-state index >= 15 is 0 Å². The fourth-order valence-corrected chi connectivity index (χ4v) is 7.24. The highest BCUT2D eigenvalue weighted by Gasteiger charge is 2.24. The summed E-state index contributed by atoms with van der Waals surface area (Å²) in [5, 5.41) is 0. The molecule has 4 rings (SSSR count). The third-order valence-electron chi connectivity index (χ3n) is 9.91. The molecule has 2 saturated carbocycles. The molecule has 0 N–H and O–H groups in total. The van der Waals surface area contributed by atoms with Crippen molar-refractivity contribution in [3.63, 3.8) is 0 Å². The molecule has 1 aromatic carbocycles. The Labute approximate surface area is 234 Å². The number of hydrogen-bond donors (Lipinski definition) is 0. The Morgan fingerprint density at radius 1 is 0.526 bits per heavy atom. The normalized spacial score (nSPS) is 23.9. The van der Waals surface area contributed by atoms with Crippen molar-refractivity contribution in [2.45, 2.75) is 154 Å². The van der Waals surface area contributed by atoms with Crippen LogP contribution in [0.2, 0.25) is 0 Å². The van der Waals surface area contributed by atoms with E-state index in [9.17, 15) is 0 Å². The number of benzene rings is 1. The minimum atomic E-state index is 0.661. The average Bonchev–Trinajstić information content (AvgIpc) is 2.98. The third kappa shape index (κ3) is 9.20. The van der Waals surface area contributed by atoms with Crippen LogP contribution in [0.1, 0.15) is 165 Å². The molecule has 2 heteroatoms. The molecule has 2 aliphatic carbocycles. The van der Waals surface area contributed by atoms with Gasteiger partial charge in [0.15, 0.2) is 5.82 Å². The molecule has 2 aromatic rings. The molecule has 2 fully saturated rings. The van der Waals surface area contributed by atoms with Gasteiger partial charge in [0.25, 0.3) is 0 Å². The van der Waals surface area contributed by atoms with E-state index in [-0.39, 0.29) is 0 Å². The van der Waals surface area contributed by atoms with Crippen LogP contribution in [0.4, 0.5) is 0 Å². The summed E-state index contributed by atoms with van der Waals surface area (Å²) in [6.45, 7) is 4.61. The predicted molar refractivity (Wildman–Crippen MR) is 164 cm³/mol. The van der Waals surface area contributed by atoms with E-state index in [1.807, 2.05) is 0 Å². The van der Waals surface area contributed by atoms with Gasteiger partial charge in [-0.3, -0.25) is 0 Å². The molecule has 0 radical (unpaired) electrons. The van der Waals surface area contributed by atoms with Gasteiger partial charge in [-0.15, -0.1) is 0 Å². The Kier molecular flexibility index (Phi) is 12.7. The maximum absolute atomic E-state index is 4.81. The summed E-state index contributed by atoms with van der Waals surface area (Å²) >= 11 is 0. The SMILES string of the molecule is CCCCCCCCCC1CCC(c2cnc(-c3ccc(C4CCC(CCCCC)CC4)cc3)nc2)CC1. The highest BCUT2D eigenvalue weighted by molar-refractivity contribution is 5.55. The van der Waals surface area contributed by atoms with Crippen LogP contribution in [0.25, 0.3) is 11.4 Å². The molecule has 2 nitrogen and oxygen atoms in total. The van der Waals surface area contributed by atoms with Gasteiger partial charge in [-0.25, -0.2) is 9.97 Å². The van der Waals surface area contributed by atoms with Crippen LogP contribution < -0.4 is 0 Å². The van der Waals surface area contributed by atoms with E-state index in [2.05, 4.69) is 50.5 Å². The number of aromatic nitrogens is 2. The highest BCUT2D eigenvalue weighted by atomic mass is 14.9. The van der Waals surface area contributed by atoms with Gasteiger partial charge in [0.2, 0.25) is 0 Å². The molecule has 2 aliphatic rings. The lowest BCUT2D eigenvalue weighted by molar-refractivity contribution is 0.301. The topological polar surface area (TPSA) is 25.8 Å². The van der Waals surface area contributed by atoms with Crippen molar-refractivity contribution in [1.29, 1.82) is 0 Å². The lowest BCUT2D eigenvalue weighted by atomic mass is 9.77. The van der Waals surface area contributed by atoms with Gasteiger partial charge in [-0.1, -0.05) is 115 Å². The van der Waals surface area contributed by atoms with Gasteiger partial charge in [0, 0.05) is 18.0 Å². The van der Waals surface area contributed by atoms with Gasteiger partial charge >= 0.3 is 0 Å². The zero-order valence-electron chi connectivity index (χ0n) is 24.8. The molecule has 0 amide bonds. The Morgan fingerprint density at radius 3 is 1.53 bits per heavy atom. The maximum Gasteiger partial charge on any atom is 0.159 e.